The third-order valence-electron chi connectivity index (χ3n) is 4.25. The molecule has 0 saturated heterocycles. The number of aromatic nitrogens is 1. The molecule has 1 N–H and O–H groups in total. The summed E-state index contributed by atoms with van der Waals surface area (Å²) in [7, 11) is 0. The molecule has 2 atom stereocenters. The summed E-state index contributed by atoms with van der Waals surface area (Å²) in [5, 5.41) is 3.53. The average molecular weight is 284 g/mol. The molecule has 3 heteroatoms. The van der Waals surface area contributed by atoms with Crippen molar-refractivity contribution in [2.45, 2.75) is 38.6 Å². The molecule has 3 rings (SSSR count). The fourth-order valence-electron chi connectivity index (χ4n) is 3.42. The summed E-state index contributed by atoms with van der Waals surface area (Å²) in [6.07, 6.45) is 3.99. The first-order valence-corrected chi connectivity index (χ1v) is 7.63. The quantitative estimate of drug-likeness (QED) is 0.920. The van der Waals surface area contributed by atoms with E-state index in [-0.39, 0.29) is 11.9 Å². The van der Waals surface area contributed by atoms with Crippen LogP contribution in [0.5, 0.6) is 0 Å². The van der Waals surface area contributed by atoms with Gasteiger partial charge in [-0.25, -0.2) is 4.39 Å². The molecule has 1 heterocycles. The summed E-state index contributed by atoms with van der Waals surface area (Å²) < 4.78 is 13.8. The predicted octanol–water partition coefficient (Wildman–Crippen LogP) is 3.91. The highest BCUT2D eigenvalue weighted by atomic mass is 19.1. The molecule has 1 aromatic carbocycles. The lowest BCUT2D eigenvalue weighted by Crippen LogP contribution is -2.26. The highest BCUT2D eigenvalue weighted by molar-refractivity contribution is 5.35. The van der Waals surface area contributed by atoms with E-state index >= 15 is 0 Å². The zero-order chi connectivity index (χ0) is 14.8. The minimum absolute atomic E-state index is 0.126. The second-order valence-corrected chi connectivity index (χ2v) is 5.79. The van der Waals surface area contributed by atoms with Crippen molar-refractivity contribution in [3.05, 3.63) is 64.7 Å². The number of halogens is 1. The number of hydrogen-bond donors (Lipinski definition) is 1. The van der Waals surface area contributed by atoms with Crippen LogP contribution in [0.1, 0.15) is 47.7 Å². The Kier molecular flexibility index (Phi) is 4.02. The number of fused-ring (bicyclic) bond motifs is 1. The van der Waals surface area contributed by atoms with Crippen LogP contribution in [0, 0.1) is 12.7 Å². The van der Waals surface area contributed by atoms with Crippen LogP contribution in [0.3, 0.4) is 0 Å². The maximum Gasteiger partial charge on any atom is 0.123 e. The Morgan fingerprint density at radius 1 is 1.38 bits per heavy atom. The van der Waals surface area contributed by atoms with Gasteiger partial charge in [-0.2, -0.15) is 0 Å². The van der Waals surface area contributed by atoms with E-state index in [2.05, 4.69) is 29.4 Å². The summed E-state index contributed by atoms with van der Waals surface area (Å²) in [6, 6.07) is 9.59. The topological polar surface area (TPSA) is 24.9 Å². The molecule has 0 radical (unpaired) electrons. The fourth-order valence-corrected chi connectivity index (χ4v) is 3.42. The van der Waals surface area contributed by atoms with Gasteiger partial charge in [-0.05, 0) is 61.2 Å². The van der Waals surface area contributed by atoms with Crippen LogP contribution < -0.4 is 5.32 Å². The number of nitrogens with zero attached hydrogens (tertiary/aromatic N) is 1. The lowest BCUT2D eigenvalue weighted by atomic mass is 9.90. The molecule has 2 unspecified atom stereocenters. The van der Waals surface area contributed by atoms with Crippen LogP contribution in [0.2, 0.25) is 0 Å². The van der Waals surface area contributed by atoms with Crippen molar-refractivity contribution in [2.24, 2.45) is 0 Å². The molecule has 0 aliphatic heterocycles. The first-order chi connectivity index (χ1) is 10.2. The standard InChI is InChI=1S/C18H21FN2/c1-3-20-18(14-9-12(2)10-15(19)11-14)16-7-6-13-5-4-8-21-17(13)16/h4-5,8-11,16,18,20H,3,6-7H2,1-2H3. The Morgan fingerprint density at radius 3 is 3.00 bits per heavy atom. The van der Waals surface area contributed by atoms with Gasteiger partial charge in [0.15, 0.2) is 0 Å². The number of likely N-dealkylation sites (N-methyl/N-ethyl adjacent to an activating group) is 1. The SMILES string of the molecule is CCNC(c1cc(C)cc(F)c1)C1CCc2cccnc21. The molecule has 21 heavy (non-hydrogen) atoms. The maximum absolute atomic E-state index is 13.8. The lowest BCUT2D eigenvalue weighted by molar-refractivity contribution is 0.445. The van der Waals surface area contributed by atoms with Gasteiger partial charge in [0.25, 0.3) is 0 Å². The minimum atomic E-state index is -0.160. The number of nitrogens with one attached hydrogen (secondary N) is 1. The fraction of sp³-hybridized carbons (Fsp3) is 0.389. The molecule has 0 spiro atoms. The van der Waals surface area contributed by atoms with Crippen LogP contribution >= 0.6 is 0 Å². The second-order valence-electron chi connectivity index (χ2n) is 5.79. The summed E-state index contributed by atoms with van der Waals surface area (Å²) in [5.74, 6) is 0.162. The Labute approximate surface area is 125 Å². The monoisotopic (exact) mass is 284 g/mol. The molecule has 2 aromatic rings. The van der Waals surface area contributed by atoms with E-state index in [1.165, 1.54) is 11.3 Å². The summed E-state index contributed by atoms with van der Waals surface area (Å²) in [4.78, 5) is 4.58. The first-order valence-electron chi connectivity index (χ1n) is 7.63. The zero-order valence-corrected chi connectivity index (χ0v) is 12.6. The van der Waals surface area contributed by atoms with Crippen molar-refractivity contribution in [3.8, 4) is 0 Å². The van der Waals surface area contributed by atoms with Gasteiger partial charge >= 0.3 is 0 Å². The zero-order valence-electron chi connectivity index (χ0n) is 12.6. The van der Waals surface area contributed by atoms with Crippen LogP contribution in [0.25, 0.3) is 0 Å². The Morgan fingerprint density at radius 2 is 2.24 bits per heavy atom. The van der Waals surface area contributed by atoms with Gasteiger partial charge in [-0.3, -0.25) is 4.98 Å². The molecule has 2 nitrogen and oxygen atoms in total. The second kappa shape index (κ2) is 5.94. The van der Waals surface area contributed by atoms with E-state index in [0.717, 1.165) is 30.5 Å². The van der Waals surface area contributed by atoms with Crippen LogP contribution in [0.15, 0.2) is 36.5 Å². The van der Waals surface area contributed by atoms with Gasteiger partial charge in [-0.1, -0.05) is 19.1 Å². The van der Waals surface area contributed by atoms with Crippen molar-refractivity contribution < 1.29 is 4.39 Å². The van der Waals surface area contributed by atoms with Crippen molar-refractivity contribution in [2.75, 3.05) is 6.54 Å². The number of benzene rings is 1. The lowest BCUT2D eigenvalue weighted by Gasteiger charge is -2.25. The Hall–Kier alpha value is -1.74. The summed E-state index contributed by atoms with van der Waals surface area (Å²) >= 11 is 0. The molecule has 1 aliphatic rings. The highest BCUT2D eigenvalue weighted by Gasteiger charge is 2.31. The van der Waals surface area contributed by atoms with Crippen LogP contribution in [-0.4, -0.2) is 11.5 Å². The van der Waals surface area contributed by atoms with E-state index in [4.69, 9.17) is 0 Å². The van der Waals surface area contributed by atoms with Crippen molar-refractivity contribution in [1.82, 2.24) is 10.3 Å². The number of rotatable bonds is 4. The van der Waals surface area contributed by atoms with E-state index in [9.17, 15) is 4.39 Å². The average Bonchev–Trinajstić information content (AvgIpc) is 2.87. The van der Waals surface area contributed by atoms with Crippen molar-refractivity contribution >= 4 is 0 Å². The molecule has 1 aromatic heterocycles. The summed E-state index contributed by atoms with van der Waals surface area (Å²) in [5.41, 5.74) is 4.49. The van der Waals surface area contributed by atoms with Gasteiger partial charge in [0.2, 0.25) is 0 Å². The third-order valence-corrected chi connectivity index (χ3v) is 4.25. The van der Waals surface area contributed by atoms with Crippen molar-refractivity contribution in [1.29, 1.82) is 0 Å². The number of hydrogen-bond acceptors (Lipinski definition) is 2. The predicted molar refractivity (Wildman–Crippen MR) is 82.9 cm³/mol. The molecule has 110 valence electrons. The van der Waals surface area contributed by atoms with E-state index < -0.39 is 0 Å². The molecule has 0 saturated carbocycles. The largest absolute Gasteiger partial charge is 0.310 e. The Bertz CT molecular complexity index is 619. The summed E-state index contributed by atoms with van der Waals surface area (Å²) in [6.45, 7) is 4.89. The Balaban J connectivity index is 1.99. The van der Waals surface area contributed by atoms with Gasteiger partial charge in [0.1, 0.15) is 5.82 Å². The first kappa shape index (κ1) is 14.2. The van der Waals surface area contributed by atoms with Gasteiger partial charge in [0, 0.05) is 23.9 Å². The number of aryl methyl sites for hydroxylation is 2. The highest BCUT2D eigenvalue weighted by Crippen LogP contribution is 2.40. The molecule has 1 aliphatic carbocycles. The molecular formula is C18H21FN2. The smallest absolute Gasteiger partial charge is 0.123 e. The normalized spacial score (nSPS) is 18.5. The number of pyridine rings is 1. The molecule has 0 fully saturated rings. The molecular weight excluding hydrogens is 263 g/mol. The van der Waals surface area contributed by atoms with Crippen LogP contribution in [0.4, 0.5) is 4.39 Å². The van der Waals surface area contributed by atoms with E-state index in [0.29, 0.717) is 5.92 Å². The maximum atomic E-state index is 13.8. The molecule has 0 bridgehead atoms. The van der Waals surface area contributed by atoms with E-state index in [1.807, 2.05) is 19.2 Å². The van der Waals surface area contributed by atoms with Crippen LogP contribution in [-0.2, 0) is 6.42 Å². The molecule has 0 amide bonds. The van der Waals surface area contributed by atoms with E-state index in [1.54, 1.807) is 12.1 Å². The third kappa shape index (κ3) is 2.84. The van der Waals surface area contributed by atoms with Crippen molar-refractivity contribution in [3.63, 3.8) is 0 Å². The minimum Gasteiger partial charge on any atom is -0.310 e. The van der Waals surface area contributed by atoms with Gasteiger partial charge in [0.05, 0.1) is 0 Å². The van der Waals surface area contributed by atoms with Gasteiger partial charge in [-0.15, -0.1) is 0 Å². The van der Waals surface area contributed by atoms with Gasteiger partial charge < -0.3 is 5.32 Å².